The summed E-state index contributed by atoms with van der Waals surface area (Å²) in [5.74, 6) is 1.21. The van der Waals surface area contributed by atoms with Crippen LogP contribution in [0.15, 0.2) is 42.7 Å². The fraction of sp³-hybridized carbons (Fsp3) is 0.333. The van der Waals surface area contributed by atoms with Gasteiger partial charge in [-0.3, -0.25) is 9.48 Å². The molecule has 8 nitrogen and oxygen atoms in total. The maximum atomic E-state index is 11.7. The zero-order valence-corrected chi connectivity index (χ0v) is 16.9. The van der Waals surface area contributed by atoms with E-state index < -0.39 is 0 Å². The van der Waals surface area contributed by atoms with Crippen LogP contribution in [0.2, 0.25) is 0 Å². The molecule has 0 bridgehead atoms. The number of hydrogen-bond donors (Lipinski definition) is 2. The minimum absolute atomic E-state index is 0.0514. The van der Waals surface area contributed by atoms with E-state index in [0.29, 0.717) is 18.2 Å². The smallest absolute Gasteiger partial charge is 0.244 e. The SMILES string of the molecule is Cc1nc(NCc2cnn([C@H](C)Cc3ccccc3)c2)nc2c1NC(=O)CN2C. The van der Waals surface area contributed by atoms with Crippen molar-refractivity contribution in [3.05, 3.63) is 59.5 Å². The first-order chi connectivity index (χ1) is 14.0. The van der Waals surface area contributed by atoms with Gasteiger partial charge in [-0.15, -0.1) is 0 Å². The van der Waals surface area contributed by atoms with Crippen molar-refractivity contribution in [3.8, 4) is 0 Å². The molecule has 1 aromatic carbocycles. The van der Waals surface area contributed by atoms with Crippen LogP contribution in [0.3, 0.4) is 0 Å². The molecule has 0 aliphatic carbocycles. The molecule has 1 atom stereocenters. The van der Waals surface area contributed by atoms with Gasteiger partial charge in [-0.2, -0.15) is 10.1 Å². The lowest BCUT2D eigenvalue weighted by atomic mass is 10.1. The average Bonchev–Trinajstić information content (AvgIpc) is 3.17. The van der Waals surface area contributed by atoms with E-state index in [1.165, 1.54) is 5.56 Å². The molecule has 2 aromatic heterocycles. The molecule has 0 saturated carbocycles. The Hall–Kier alpha value is -3.42. The predicted octanol–water partition coefficient (Wildman–Crippen LogP) is 2.79. The largest absolute Gasteiger partial charge is 0.350 e. The molecule has 0 fully saturated rings. The van der Waals surface area contributed by atoms with E-state index in [0.717, 1.165) is 23.5 Å². The number of fused-ring (bicyclic) bond motifs is 1. The number of likely N-dealkylation sites (N-methyl/N-ethyl adjacent to an activating group) is 1. The fourth-order valence-electron chi connectivity index (χ4n) is 3.47. The van der Waals surface area contributed by atoms with Gasteiger partial charge in [0.2, 0.25) is 11.9 Å². The number of carbonyl (C=O) groups is 1. The van der Waals surface area contributed by atoms with E-state index in [1.54, 1.807) is 0 Å². The summed E-state index contributed by atoms with van der Waals surface area (Å²) in [6.07, 6.45) is 4.85. The Kier molecular flexibility index (Phi) is 5.16. The summed E-state index contributed by atoms with van der Waals surface area (Å²) in [6, 6.07) is 10.7. The van der Waals surface area contributed by atoms with E-state index in [1.807, 2.05) is 35.8 Å². The molecule has 0 saturated heterocycles. The molecule has 150 valence electrons. The Labute approximate surface area is 170 Å². The van der Waals surface area contributed by atoms with Gasteiger partial charge in [-0.25, -0.2) is 4.98 Å². The first-order valence-corrected chi connectivity index (χ1v) is 9.70. The lowest BCUT2D eigenvalue weighted by molar-refractivity contribution is -0.115. The summed E-state index contributed by atoms with van der Waals surface area (Å²) in [6.45, 7) is 4.90. The zero-order chi connectivity index (χ0) is 20.4. The number of nitrogens with zero attached hydrogens (tertiary/aromatic N) is 5. The number of aryl methyl sites for hydroxylation is 1. The second-order valence-corrected chi connectivity index (χ2v) is 7.46. The second-order valence-electron chi connectivity index (χ2n) is 7.46. The quantitative estimate of drug-likeness (QED) is 0.672. The van der Waals surface area contributed by atoms with E-state index in [4.69, 9.17) is 0 Å². The normalized spacial score (nSPS) is 14.3. The first kappa shape index (κ1) is 18.9. The van der Waals surface area contributed by atoms with Crippen molar-refractivity contribution in [2.24, 2.45) is 0 Å². The van der Waals surface area contributed by atoms with Crippen molar-refractivity contribution >= 4 is 23.4 Å². The maximum Gasteiger partial charge on any atom is 0.244 e. The molecule has 8 heteroatoms. The predicted molar refractivity (Wildman–Crippen MR) is 113 cm³/mol. The molecule has 3 heterocycles. The summed E-state index contributed by atoms with van der Waals surface area (Å²) >= 11 is 0. The van der Waals surface area contributed by atoms with Gasteiger partial charge in [0.1, 0.15) is 5.69 Å². The van der Waals surface area contributed by atoms with Gasteiger partial charge < -0.3 is 15.5 Å². The Balaban J connectivity index is 1.42. The van der Waals surface area contributed by atoms with Crippen LogP contribution in [0.1, 0.15) is 29.8 Å². The van der Waals surface area contributed by atoms with Crippen molar-refractivity contribution < 1.29 is 4.79 Å². The van der Waals surface area contributed by atoms with E-state index in [-0.39, 0.29) is 18.5 Å². The Morgan fingerprint density at radius 1 is 1.21 bits per heavy atom. The number of aromatic nitrogens is 4. The van der Waals surface area contributed by atoms with Gasteiger partial charge in [0.25, 0.3) is 0 Å². The Bertz CT molecular complexity index is 1020. The second kappa shape index (κ2) is 7.90. The van der Waals surface area contributed by atoms with Gasteiger partial charge in [0.05, 0.1) is 24.5 Å². The van der Waals surface area contributed by atoms with Crippen molar-refractivity contribution in [1.29, 1.82) is 0 Å². The lowest BCUT2D eigenvalue weighted by Crippen LogP contribution is -2.36. The minimum Gasteiger partial charge on any atom is -0.350 e. The van der Waals surface area contributed by atoms with Crippen LogP contribution in [0.5, 0.6) is 0 Å². The molecule has 3 aromatic rings. The Morgan fingerprint density at radius 2 is 2.00 bits per heavy atom. The number of carbonyl (C=O) groups excluding carboxylic acids is 1. The van der Waals surface area contributed by atoms with E-state index in [2.05, 4.69) is 63.1 Å². The maximum absolute atomic E-state index is 11.7. The highest BCUT2D eigenvalue weighted by Gasteiger charge is 2.23. The monoisotopic (exact) mass is 391 g/mol. The molecule has 1 aliphatic rings. The van der Waals surface area contributed by atoms with Gasteiger partial charge >= 0.3 is 0 Å². The summed E-state index contributed by atoms with van der Waals surface area (Å²) in [5.41, 5.74) is 3.77. The highest BCUT2D eigenvalue weighted by atomic mass is 16.2. The molecular formula is C21H25N7O. The molecule has 0 radical (unpaired) electrons. The number of nitrogens with one attached hydrogen (secondary N) is 2. The molecular weight excluding hydrogens is 366 g/mol. The highest BCUT2D eigenvalue weighted by Crippen LogP contribution is 2.29. The van der Waals surface area contributed by atoms with Crippen molar-refractivity contribution in [3.63, 3.8) is 0 Å². The zero-order valence-electron chi connectivity index (χ0n) is 16.9. The van der Waals surface area contributed by atoms with Gasteiger partial charge in [-0.1, -0.05) is 30.3 Å². The van der Waals surface area contributed by atoms with E-state index in [9.17, 15) is 4.79 Å². The van der Waals surface area contributed by atoms with Crippen LogP contribution < -0.4 is 15.5 Å². The molecule has 4 rings (SSSR count). The third-order valence-corrected chi connectivity index (χ3v) is 5.01. The number of anilines is 3. The molecule has 0 unspecified atom stereocenters. The molecule has 1 amide bonds. The van der Waals surface area contributed by atoms with Crippen molar-refractivity contribution in [1.82, 2.24) is 19.7 Å². The third-order valence-electron chi connectivity index (χ3n) is 5.01. The van der Waals surface area contributed by atoms with Crippen LogP contribution in [-0.2, 0) is 17.8 Å². The van der Waals surface area contributed by atoms with Crippen LogP contribution in [0, 0.1) is 6.92 Å². The van der Waals surface area contributed by atoms with Crippen LogP contribution in [0.4, 0.5) is 17.5 Å². The van der Waals surface area contributed by atoms with Crippen molar-refractivity contribution in [2.45, 2.75) is 32.9 Å². The lowest BCUT2D eigenvalue weighted by Gasteiger charge is -2.27. The summed E-state index contributed by atoms with van der Waals surface area (Å²) < 4.78 is 1.99. The van der Waals surface area contributed by atoms with Gasteiger partial charge in [-0.05, 0) is 25.8 Å². The highest BCUT2D eigenvalue weighted by molar-refractivity contribution is 6.00. The van der Waals surface area contributed by atoms with Crippen LogP contribution in [0.25, 0.3) is 0 Å². The first-order valence-electron chi connectivity index (χ1n) is 9.70. The van der Waals surface area contributed by atoms with Gasteiger partial charge in [0, 0.05) is 25.4 Å². The van der Waals surface area contributed by atoms with Crippen molar-refractivity contribution in [2.75, 3.05) is 29.1 Å². The standard InChI is InChI=1S/C21H25N7O/c1-14(9-16-7-5-4-6-8-16)28-12-17(11-23-28)10-22-21-24-15(2)19-20(26-21)27(3)13-18(29)25-19/h4-8,11-12,14H,9-10,13H2,1-3H3,(H,25,29)(H,22,24,26)/t14-/m1/s1. The summed E-state index contributed by atoms with van der Waals surface area (Å²) in [7, 11) is 1.85. The summed E-state index contributed by atoms with van der Waals surface area (Å²) in [5, 5.41) is 10.6. The summed E-state index contributed by atoms with van der Waals surface area (Å²) in [4.78, 5) is 22.6. The van der Waals surface area contributed by atoms with Crippen LogP contribution in [-0.4, -0.2) is 39.2 Å². The van der Waals surface area contributed by atoms with Gasteiger partial charge in [0.15, 0.2) is 5.82 Å². The molecule has 1 aliphatic heterocycles. The van der Waals surface area contributed by atoms with E-state index >= 15 is 0 Å². The molecule has 2 N–H and O–H groups in total. The fourth-order valence-corrected chi connectivity index (χ4v) is 3.47. The Morgan fingerprint density at radius 3 is 2.79 bits per heavy atom. The number of benzene rings is 1. The number of hydrogen-bond acceptors (Lipinski definition) is 6. The molecule has 29 heavy (non-hydrogen) atoms. The minimum atomic E-state index is -0.0514. The number of rotatable bonds is 6. The third kappa shape index (κ3) is 4.21. The number of amides is 1. The molecule has 0 spiro atoms. The topological polar surface area (TPSA) is 88.0 Å². The average molecular weight is 391 g/mol. The van der Waals surface area contributed by atoms with Crippen LogP contribution >= 0.6 is 0 Å².